The number of aromatic nitrogens is 4. The van der Waals surface area contributed by atoms with Gasteiger partial charge in [0.05, 0.1) is 31.0 Å². The van der Waals surface area contributed by atoms with Crippen LogP contribution in [-0.4, -0.2) is 79.4 Å². The van der Waals surface area contributed by atoms with Crippen molar-refractivity contribution in [2.75, 3.05) is 19.8 Å². The fourth-order valence-electron chi connectivity index (χ4n) is 4.85. The van der Waals surface area contributed by atoms with E-state index in [0.29, 0.717) is 23.1 Å². The van der Waals surface area contributed by atoms with Crippen LogP contribution in [-0.2, 0) is 25.4 Å². The van der Waals surface area contributed by atoms with Gasteiger partial charge in [-0.05, 0) is 93.3 Å². The molecule has 4 heterocycles. The molecule has 0 aliphatic carbocycles. The zero-order valence-electron chi connectivity index (χ0n) is 29.1. The molecule has 0 fully saturated rings. The molecule has 0 aliphatic heterocycles. The maximum atomic E-state index is 12.8. The lowest BCUT2D eigenvalue weighted by molar-refractivity contribution is 0.0119. The van der Waals surface area contributed by atoms with Crippen LogP contribution in [0.5, 0.6) is 0 Å². The number of ether oxygens (including phenoxy) is 3. The van der Waals surface area contributed by atoms with Crippen molar-refractivity contribution >= 4 is 29.5 Å². The van der Waals surface area contributed by atoms with Crippen LogP contribution in [0, 0.1) is 0 Å². The Kier molecular flexibility index (Phi) is 13.5. The Morgan fingerprint density at radius 2 is 1.02 bits per heavy atom. The van der Waals surface area contributed by atoms with Gasteiger partial charge in [-0.15, -0.1) is 0 Å². The fraction of sp³-hybridized carbons (Fsp3) is 0.342. The van der Waals surface area contributed by atoms with E-state index >= 15 is 0 Å². The van der Waals surface area contributed by atoms with Gasteiger partial charge in [-0.3, -0.25) is 14.6 Å². The molecule has 4 rings (SSSR count). The topological polar surface area (TPSA) is 205 Å². The number of pyridine rings is 4. The molecule has 0 saturated carbocycles. The molecular formula is C38H40N4O10. The second kappa shape index (κ2) is 18.0. The van der Waals surface area contributed by atoms with Crippen LogP contribution in [0.4, 0.5) is 0 Å². The number of nitrogens with zero attached hydrogens (tertiary/aromatic N) is 4. The molecule has 0 amide bonds. The smallest absolute Gasteiger partial charge is 0.356 e. The van der Waals surface area contributed by atoms with E-state index < -0.39 is 29.1 Å². The Bertz CT molecular complexity index is 1890. The van der Waals surface area contributed by atoms with Gasteiger partial charge in [0, 0.05) is 61.4 Å². The normalized spacial score (nSPS) is 12.3. The summed E-state index contributed by atoms with van der Waals surface area (Å²) in [6.07, 6.45) is 7.83. The largest absolute Gasteiger partial charge is 0.461 e. The molecule has 0 spiro atoms. The minimum absolute atomic E-state index is 0.00445. The van der Waals surface area contributed by atoms with E-state index in [1.54, 1.807) is 32.0 Å². The first-order chi connectivity index (χ1) is 24.7. The number of esters is 3. The highest BCUT2D eigenvalue weighted by molar-refractivity contribution is 5.98. The van der Waals surface area contributed by atoms with Crippen LogP contribution < -0.4 is 0 Å². The number of aliphatic hydroxyl groups is 2. The van der Waals surface area contributed by atoms with Gasteiger partial charge in [-0.2, -0.15) is 0 Å². The molecule has 4 aromatic heterocycles. The average molecular weight is 713 g/mol. The monoisotopic (exact) mass is 712 g/mol. The summed E-state index contributed by atoms with van der Waals surface area (Å²) in [5.74, 6) is -2.59. The Labute approximate surface area is 300 Å². The summed E-state index contributed by atoms with van der Waals surface area (Å²) in [6, 6.07) is 11.9. The molecule has 14 heteroatoms. The number of hydrogen-bond donors (Lipinski definition) is 2. The second-order valence-corrected chi connectivity index (χ2v) is 12.6. The van der Waals surface area contributed by atoms with Crippen molar-refractivity contribution in [3.63, 3.8) is 0 Å². The highest BCUT2D eigenvalue weighted by Gasteiger charge is 2.26. The maximum Gasteiger partial charge on any atom is 0.356 e. The molecule has 4 aromatic rings. The Morgan fingerprint density at radius 3 is 1.58 bits per heavy atom. The lowest BCUT2D eigenvalue weighted by atomic mass is 9.93. The molecule has 0 aliphatic rings. The third-order valence-corrected chi connectivity index (χ3v) is 7.94. The molecule has 0 aromatic carbocycles. The van der Waals surface area contributed by atoms with Gasteiger partial charge in [0.25, 0.3) is 0 Å². The van der Waals surface area contributed by atoms with E-state index in [0.717, 1.165) is 0 Å². The van der Waals surface area contributed by atoms with Gasteiger partial charge in [0.15, 0.2) is 11.6 Å². The number of carbonyl (C=O) groups is 5. The minimum atomic E-state index is -1.50. The first-order valence-electron chi connectivity index (χ1n) is 16.6. The predicted octanol–water partition coefficient (Wildman–Crippen LogP) is 4.59. The zero-order chi connectivity index (χ0) is 37.7. The van der Waals surface area contributed by atoms with E-state index in [4.69, 9.17) is 14.2 Å². The predicted molar refractivity (Wildman–Crippen MR) is 184 cm³/mol. The van der Waals surface area contributed by atoms with E-state index in [-0.39, 0.29) is 79.7 Å². The van der Waals surface area contributed by atoms with E-state index in [9.17, 15) is 34.2 Å². The van der Waals surface area contributed by atoms with Crippen molar-refractivity contribution in [2.45, 2.75) is 64.1 Å². The van der Waals surface area contributed by atoms with Crippen LogP contribution >= 0.6 is 0 Å². The molecule has 272 valence electrons. The lowest BCUT2D eigenvalue weighted by Crippen LogP contribution is -2.25. The van der Waals surface area contributed by atoms with Crippen molar-refractivity contribution in [1.29, 1.82) is 0 Å². The Balaban J connectivity index is 1.19. The molecule has 1 atom stereocenters. The third-order valence-electron chi connectivity index (χ3n) is 7.94. The van der Waals surface area contributed by atoms with Crippen LogP contribution in [0.3, 0.4) is 0 Å². The average Bonchev–Trinajstić information content (AvgIpc) is 3.14. The number of rotatable bonds is 18. The fourth-order valence-corrected chi connectivity index (χ4v) is 4.85. The molecule has 0 saturated heterocycles. The summed E-state index contributed by atoms with van der Waals surface area (Å²) in [4.78, 5) is 78.5. The molecule has 0 bridgehead atoms. The van der Waals surface area contributed by atoms with Gasteiger partial charge < -0.3 is 24.4 Å². The second-order valence-electron chi connectivity index (χ2n) is 12.6. The zero-order valence-corrected chi connectivity index (χ0v) is 29.1. The van der Waals surface area contributed by atoms with Crippen LogP contribution in [0.15, 0.2) is 79.5 Å². The van der Waals surface area contributed by atoms with E-state index in [1.165, 1.54) is 68.2 Å². The summed E-state index contributed by atoms with van der Waals surface area (Å²) in [5, 5.41) is 21.3. The highest BCUT2D eigenvalue weighted by Crippen LogP contribution is 2.25. The lowest BCUT2D eigenvalue weighted by Gasteiger charge is -2.24. The van der Waals surface area contributed by atoms with Crippen LogP contribution in [0.25, 0.3) is 0 Å². The van der Waals surface area contributed by atoms with Crippen molar-refractivity contribution in [3.8, 4) is 0 Å². The number of Topliss-reactive ketones (excluding diaryl/α,β-unsaturated/α-hetero) is 2. The van der Waals surface area contributed by atoms with Crippen molar-refractivity contribution in [1.82, 2.24) is 19.9 Å². The number of hydrogen-bond acceptors (Lipinski definition) is 14. The summed E-state index contributed by atoms with van der Waals surface area (Å²) >= 11 is 0. The molecule has 1 unspecified atom stereocenters. The van der Waals surface area contributed by atoms with Crippen LogP contribution in [0.1, 0.15) is 116 Å². The molecule has 0 radical (unpaired) electrons. The van der Waals surface area contributed by atoms with E-state index in [2.05, 4.69) is 19.9 Å². The first kappa shape index (κ1) is 39.1. The van der Waals surface area contributed by atoms with Gasteiger partial charge in [-0.1, -0.05) is 0 Å². The minimum Gasteiger partial charge on any atom is -0.461 e. The molecular weight excluding hydrogens is 672 g/mol. The first-order valence-corrected chi connectivity index (χ1v) is 16.6. The Hall–Kier alpha value is -5.73. The van der Waals surface area contributed by atoms with Gasteiger partial charge in [0.2, 0.25) is 0 Å². The quantitative estimate of drug-likeness (QED) is 0.0627. The standard InChI is InChI=1S/C38H40N4O10/c1-37(2,48)27-11-17-41-30(23-27)36(47)52-21-13-38(3,49)28-12-18-42-31(24-28)35(46)51-20-5-7-33(44)26-10-16-40-29(22-26)34(45)50-19-4-6-32(43)25-8-14-39-15-9-25/h8-12,14-18,22-24,48-49H,4-7,13,19-21H2,1-3H3. The Morgan fingerprint density at radius 1 is 0.577 bits per heavy atom. The maximum absolute atomic E-state index is 12.8. The highest BCUT2D eigenvalue weighted by atomic mass is 16.5. The summed E-state index contributed by atoms with van der Waals surface area (Å²) in [7, 11) is 0. The summed E-state index contributed by atoms with van der Waals surface area (Å²) in [6.45, 7) is 4.42. The summed E-state index contributed by atoms with van der Waals surface area (Å²) in [5.41, 5.74) is -1.16. The molecule has 14 nitrogen and oxygen atoms in total. The van der Waals surface area contributed by atoms with E-state index in [1.807, 2.05) is 0 Å². The number of carbonyl (C=O) groups excluding carboxylic acids is 5. The van der Waals surface area contributed by atoms with Crippen molar-refractivity contribution in [3.05, 3.63) is 119 Å². The van der Waals surface area contributed by atoms with Gasteiger partial charge >= 0.3 is 17.9 Å². The molecule has 2 N–H and O–H groups in total. The summed E-state index contributed by atoms with van der Waals surface area (Å²) < 4.78 is 15.8. The third kappa shape index (κ3) is 11.4. The van der Waals surface area contributed by atoms with Gasteiger partial charge in [-0.25, -0.2) is 29.3 Å². The van der Waals surface area contributed by atoms with Crippen molar-refractivity contribution in [2.24, 2.45) is 0 Å². The number of ketones is 2. The molecule has 52 heavy (non-hydrogen) atoms. The van der Waals surface area contributed by atoms with Crippen molar-refractivity contribution < 1.29 is 48.4 Å². The van der Waals surface area contributed by atoms with Crippen LogP contribution in [0.2, 0.25) is 0 Å². The van der Waals surface area contributed by atoms with Gasteiger partial charge in [0.1, 0.15) is 17.1 Å². The SMILES string of the molecule is CC(C)(O)c1ccnc(C(=O)OCCC(C)(O)c2ccnc(C(=O)OCCCC(=O)c3ccnc(C(=O)OCCCC(=O)c4ccncc4)c3)c2)c1.